The number of amidine groups is 2. The summed E-state index contributed by atoms with van der Waals surface area (Å²) in [6.45, 7) is 0. The van der Waals surface area contributed by atoms with Crippen LogP contribution in [0.5, 0.6) is 0 Å². The Morgan fingerprint density at radius 1 is 0.852 bits per heavy atom. The molecule has 0 aromatic heterocycles. The fraction of sp³-hybridized carbons (Fsp3) is 0.0476. The van der Waals surface area contributed by atoms with Crippen molar-refractivity contribution in [3.63, 3.8) is 0 Å². The van der Waals surface area contributed by atoms with E-state index in [0.717, 1.165) is 20.2 Å². The summed E-state index contributed by atoms with van der Waals surface area (Å²) in [5.74, 6) is 0.841. The quantitative estimate of drug-likeness (QED) is 0.528. The van der Waals surface area contributed by atoms with Gasteiger partial charge < -0.3 is 10.4 Å². The first kappa shape index (κ1) is 18.1. The van der Waals surface area contributed by atoms with Crippen molar-refractivity contribution >= 4 is 49.2 Å². The third-order valence-electron chi connectivity index (χ3n) is 4.21. The standard InChI is InChI=1S/C21H15Br2N3O/c22-16-11-12-18(17(23)13-16)24-20-21(27,15-9-5-2-6-10-15)26-19(25-20)14-7-3-1-4-8-14/h1-13,27H,(H,24,25,26). The Morgan fingerprint density at radius 2 is 1.52 bits per heavy atom. The summed E-state index contributed by atoms with van der Waals surface area (Å²) in [5.41, 5.74) is 0.698. The molecule has 0 saturated heterocycles. The lowest BCUT2D eigenvalue weighted by Crippen LogP contribution is -2.36. The molecule has 4 rings (SSSR count). The Kier molecular flexibility index (Phi) is 4.95. The summed E-state index contributed by atoms with van der Waals surface area (Å²) in [6.07, 6.45) is 0. The molecule has 1 heterocycles. The van der Waals surface area contributed by atoms with Crippen molar-refractivity contribution in [3.05, 3.63) is 98.9 Å². The van der Waals surface area contributed by atoms with Gasteiger partial charge in [0.05, 0.1) is 5.69 Å². The molecule has 3 aromatic carbocycles. The molecular formula is C21H15Br2N3O. The van der Waals surface area contributed by atoms with Crippen molar-refractivity contribution in [1.29, 1.82) is 0 Å². The van der Waals surface area contributed by atoms with Crippen LogP contribution in [0.1, 0.15) is 11.1 Å². The number of nitrogens with one attached hydrogen (secondary N) is 1. The van der Waals surface area contributed by atoms with Crippen molar-refractivity contribution in [1.82, 2.24) is 0 Å². The summed E-state index contributed by atoms with van der Waals surface area (Å²) in [5, 5.41) is 14.7. The molecular weight excluding hydrogens is 470 g/mol. The van der Waals surface area contributed by atoms with Gasteiger partial charge in [0.15, 0.2) is 11.7 Å². The van der Waals surface area contributed by atoms with E-state index in [1.165, 1.54) is 0 Å². The van der Waals surface area contributed by atoms with Gasteiger partial charge in [-0.25, -0.2) is 9.98 Å². The number of hydrogen-bond donors (Lipinski definition) is 2. The minimum atomic E-state index is -1.58. The minimum Gasteiger partial charge on any atom is -0.359 e. The van der Waals surface area contributed by atoms with E-state index in [4.69, 9.17) is 0 Å². The Hall–Kier alpha value is -2.28. The van der Waals surface area contributed by atoms with Gasteiger partial charge in [0.1, 0.15) is 0 Å². The second-order valence-electron chi connectivity index (χ2n) is 6.05. The Bertz CT molecular complexity index is 1040. The molecule has 1 unspecified atom stereocenters. The SMILES string of the molecule is OC1(c2ccccc2)N=C(c2ccccc2)N=C1Nc1ccc(Br)cc1Br. The average Bonchev–Trinajstić information content (AvgIpc) is 3.03. The number of aliphatic imine (C=N–C) groups is 2. The summed E-state index contributed by atoms with van der Waals surface area (Å²) < 4.78 is 1.80. The molecule has 0 spiro atoms. The number of benzene rings is 3. The van der Waals surface area contributed by atoms with Crippen molar-refractivity contribution < 1.29 is 5.11 Å². The maximum atomic E-state index is 11.5. The molecule has 0 saturated carbocycles. The molecule has 4 nitrogen and oxygen atoms in total. The minimum absolute atomic E-state index is 0.357. The predicted octanol–water partition coefficient (Wildman–Crippen LogP) is 5.33. The van der Waals surface area contributed by atoms with Crippen molar-refractivity contribution in [3.8, 4) is 0 Å². The fourth-order valence-electron chi connectivity index (χ4n) is 2.84. The third-order valence-corrected chi connectivity index (χ3v) is 5.36. The second kappa shape index (κ2) is 7.38. The number of rotatable bonds is 3. The molecule has 2 N–H and O–H groups in total. The zero-order chi connectivity index (χ0) is 18.9. The van der Waals surface area contributed by atoms with E-state index in [9.17, 15) is 5.11 Å². The number of halogens is 2. The van der Waals surface area contributed by atoms with E-state index >= 15 is 0 Å². The first-order valence-corrected chi connectivity index (χ1v) is 9.89. The average molecular weight is 485 g/mol. The fourth-order valence-corrected chi connectivity index (χ4v) is 3.98. The van der Waals surface area contributed by atoms with Gasteiger partial charge in [-0.05, 0) is 34.1 Å². The van der Waals surface area contributed by atoms with Crippen molar-refractivity contribution in [2.24, 2.45) is 9.98 Å². The summed E-state index contributed by atoms with van der Waals surface area (Å²) in [6, 6.07) is 24.7. The largest absolute Gasteiger partial charge is 0.359 e. The lowest BCUT2D eigenvalue weighted by Gasteiger charge is -2.23. The predicted molar refractivity (Wildman–Crippen MR) is 116 cm³/mol. The van der Waals surface area contributed by atoms with Crippen LogP contribution < -0.4 is 5.32 Å². The zero-order valence-corrected chi connectivity index (χ0v) is 17.3. The molecule has 0 aliphatic carbocycles. The number of anilines is 1. The molecule has 3 aromatic rings. The lowest BCUT2D eigenvalue weighted by atomic mass is 10.0. The van der Waals surface area contributed by atoms with E-state index in [-0.39, 0.29) is 0 Å². The second-order valence-corrected chi connectivity index (χ2v) is 7.82. The molecule has 134 valence electrons. The maximum Gasteiger partial charge on any atom is 0.244 e. The highest BCUT2D eigenvalue weighted by Crippen LogP contribution is 2.33. The van der Waals surface area contributed by atoms with Crippen LogP contribution in [0.25, 0.3) is 0 Å². The number of aliphatic hydroxyl groups is 1. The first-order valence-electron chi connectivity index (χ1n) is 8.31. The van der Waals surface area contributed by atoms with Crippen LogP contribution in [0.15, 0.2) is 97.8 Å². The van der Waals surface area contributed by atoms with Gasteiger partial charge in [-0.2, -0.15) is 0 Å². The zero-order valence-electron chi connectivity index (χ0n) is 14.1. The summed E-state index contributed by atoms with van der Waals surface area (Å²) in [4.78, 5) is 9.19. The van der Waals surface area contributed by atoms with Crippen LogP contribution in [-0.2, 0) is 5.72 Å². The van der Waals surface area contributed by atoms with Crippen molar-refractivity contribution in [2.75, 3.05) is 5.32 Å². The molecule has 1 atom stereocenters. The Morgan fingerprint density at radius 3 is 2.19 bits per heavy atom. The van der Waals surface area contributed by atoms with Crippen LogP contribution in [0.2, 0.25) is 0 Å². The molecule has 27 heavy (non-hydrogen) atoms. The van der Waals surface area contributed by atoms with Gasteiger partial charge in [-0.3, -0.25) is 0 Å². The van der Waals surface area contributed by atoms with Crippen LogP contribution >= 0.6 is 31.9 Å². The lowest BCUT2D eigenvalue weighted by molar-refractivity contribution is 0.125. The van der Waals surface area contributed by atoms with E-state index in [0.29, 0.717) is 17.2 Å². The molecule has 0 radical (unpaired) electrons. The topological polar surface area (TPSA) is 57.0 Å². The molecule has 6 heteroatoms. The third kappa shape index (κ3) is 3.60. The molecule has 1 aliphatic rings. The van der Waals surface area contributed by atoms with Gasteiger partial charge in [-0.15, -0.1) is 0 Å². The van der Waals surface area contributed by atoms with Gasteiger partial charge in [0, 0.05) is 20.1 Å². The number of nitrogens with zero attached hydrogens (tertiary/aromatic N) is 2. The highest BCUT2D eigenvalue weighted by molar-refractivity contribution is 9.11. The van der Waals surface area contributed by atoms with Crippen molar-refractivity contribution in [2.45, 2.75) is 5.72 Å². The van der Waals surface area contributed by atoms with E-state index in [1.54, 1.807) is 0 Å². The molecule has 1 aliphatic heterocycles. The Labute approximate surface area is 174 Å². The monoisotopic (exact) mass is 483 g/mol. The highest BCUT2D eigenvalue weighted by Gasteiger charge is 2.40. The normalized spacial score (nSPS) is 18.8. The molecule has 0 bridgehead atoms. The summed E-state index contributed by atoms with van der Waals surface area (Å²) >= 11 is 6.99. The van der Waals surface area contributed by atoms with Gasteiger partial charge in [0.25, 0.3) is 0 Å². The molecule has 0 amide bonds. The smallest absolute Gasteiger partial charge is 0.244 e. The maximum absolute atomic E-state index is 11.5. The van der Waals surface area contributed by atoms with Crippen LogP contribution in [0.4, 0.5) is 5.69 Å². The van der Waals surface area contributed by atoms with Crippen LogP contribution in [0, 0.1) is 0 Å². The van der Waals surface area contributed by atoms with Crippen LogP contribution in [0.3, 0.4) is 0 Å². The Balaban J connectivity index is 1.79. The van der Waals surface area contributed by atoms with Gasteiger partial charge in [-0.1, -0.05) is 76.6 Å². The highest BCUT2D eigenvalue weighted by atomic mass is 79.9. The van der Waals surface area contributed by atoms with Crippen LogP contribution in [-0.4, -0.2) is 16.8 Å². The van der Waals surface area contributed by atoms with Gasteiger partial charge in [0.2, 0.25) is 5.72 Å². The van der Waals surface area contributed by atoms with E-state index < -0.39 is 5.72 Å². The summed E-state index contributed by atoms with van der Waals surface area (Å²) in [7, 11) is 0. The van der Waals surface area contributed by atoms with E-state index in [1.807, 2.05) is 78.9 Å². The molecule has 0 fully saturated rings. The van der Waals surface area contributed by atoms with E-state index in [2.05, 4.69) is 47.2 Å². The number of hydrogen-bond acceptors (Lipinski definition) is 4. The first-order chi connectivity index (χ1) is 13.1. The van der Waals surface area contributed by atoms with Gasteiger partial charge >= 0.3 is 0 Å².